The van der Waals surface area contributed by atoms with Gasteiger partial charge in [-0.3, -0.25) is 18.5 Å². The van der Waals surface area contributed by atoms with Crippen molar-refractivity contribution in [2.75, 3.05) is 6.61 Å². The molecule has 4 rings (SSSR count). The molecule has 10 nitrogen and oxygen atoms in total. The molecule has 0 spiro atoms. The molecule has 0 saturated carbocycles. The Labute approximate surface area is 207 Å². The highest BCUT2D eigenvalue weighted by atomic mass is 35.5. The van der Waals surface area contributed by atoms with Gasteiger partial charge in [0.2, 0.25) is 0 Å². The number of rotatable bonds is 9. The highest BCUT2D eigenvalue weighted by molar-refractivity contribution is 6.29. The highest BCUT2D eigenvalue weighted by Crippen LogP contribution is 2.29. The molecule has 36 heavy (non-hydrogen) atoms. The second-order valence-electron chi connectivity index (χ2n) is 8.00. The largest absolute Gasteiger partial charge is 0.433 e. The predicted molar refractivity (Wildman–Crippen MR) is 127 cm³/mol. The Morgan fingerprint density at radius 2 is 1.89 bits per heavy atom. The number of halogens is 3. The van der Waals surface area contributed by atoms with E-state index in [1.54, 1.807) is 12.1 Å². The summed E-state index contributed by atoms with van der Waals surface area (Å²) in [4.78, 5) is 34.6. The number of ether oxygens (including phenoxy) is 2. The zero-order valence-electron chi connectivity index (χ0n) is 19.3. The molecule has 3 heterocycles. The van der Waals surface area contributed by atoms with Gasteiger partial charge in [-0.1, -0.05) is 23.7 Å². The minimum atomic E-state index is -3.40. The van der Waals surface area contributed by atoms with Gasteiger partial charge in [-0.15, -0.1) is 0 Å². The van der Waals surface area contributed by atoms with Crippen molar-refractivity contribution < 1.29 is 23.4 Å². The molecule has 0 atom stereocenters. The van der Waals surface area contributed by atoms with Gasteiger partial charge in [-0.25, -0.2) is 9.78 Å². The van der Waals surface area contributed by atoms with Crippen LogP contribution in [0.2, 0.25) is 5.15 Å². The van der Waals surface area contributed by atoms with Crippen LogP contribution < -0.4 is 20.7 Å². The van der Waals surface area contributed by atoms with E-state index < -0.39 is 17.4 Å². The van der Waals surface area contributed by atoms with Gasteiger partial charge in [0.25, 0.3) is 5.56 Å². The summed E-state index contributed by atoms with van der Waals surface area (Å²) in [6, 6.07) is 8.79. The van der Waals surface area contributed by atoms with Crippen LogP contribution in [0.1, 0.15) is 18.9 Å². The van der Waals surface area contributed by atoms with Crippen molar-refractivity contribution >= 4 is 22.8 Å². The van der Waals surface area contributed by atoms with E-state index in [9.17, 15) is 23.5 Å². The van der Waals surface area contributed by atoms with Crippen LogP contribution in [-0.4, -0.2) is 41.5 Å². The molecule has 1 aromatic carbocycles. The average molecular weight is 522 g/mol. The molecule has 13 heteroatoms. The molecule has 0 saturated heterocycles. The van der Waals surface area contributed by atoms with Gasteiger partial charge in [-0.2, -0.15) is 13.8 Å². The number of fused-ring (bicyclic) bond motifs is 1. The molecule has 0 radical (unpaired) electrons. The van der Waals surface area contributed by atoms with Crippen molar-refractivity contribution in [3.05, 3.63) is 74.1 Å². The summed E-state index contributed by atoms with van der Waals surface area (Å²) in [6.07, 6.45) is -1.68. The summed E-state index contributed by atoms with van der Waals surface area (Å²) in [6.45, 7) is 0.495. The van der Waals surface area contributed by atoms with Crippen LogP contribution in [-0.2, 0) is 20.1 Å². The van der Waals surface area contributed by atoms with Gasteiger partial charge in [0, 0.05) is 39.4 Å². The summed E-state index contributed by atoms with van der Waals surface area (Å²) in [5.74, 6) is -0.0172. The van der Waals surface area contributed by atoms with E-state index in [-0.39, 0.29) is 59.9 Å². The van der Waals surface area contributed by atoms with Crippen LogP contribution in [0.15, 0.2) is 52.2 Å². The Balaban J connectivity index is 1.87. The summed E-state index contributed by atoms with van der Waals surface area (Å²) in [5, 5.41) is 9.47. The molecule has 0 bridgehead atoms. The van der Waals surface area contributed by atoms with Gasteiger partial charge in [-0.05, 0) is 30.2 Å². The first-order valence-electron chi connectivity index (χ1n) is 10.8. The number of aliphatic hydroxyl groups excluding tert-OH is 1. The molecule has 3 aromatic heterocycles. The first-order chi connectivity index (χ1) is 17.1. The summed E-state index contributed by atoms with van der Waals surface area (Å²) in [5.41, 5.74) is -0.428. The van der Waals surface area contributed by atoms with Crippen LogP contribution in [0.3, 0.4) is 0 Å². The monoisotopic (exact) mass is 521 g/mol. The Morgan fingerprint density at radius 3 is 2.56 bits per heavy atom. The van der Waals surface area contributed by atoms with Crippen LogP contribution >= 0.6 is 11.6 Å². The Morgan fingerprint density at radius 1 is 1.14 bits per heavy atom. The number of pyridine rings is 1. The third-order valence-electron chi connectivity index (χ3n) is 5.18. The van der Waals surface area contributed by atoms with E-state index in [0.717, 1.165) is 4.57 Å². The number of hydrogen-bond donors (Lipinski definition) is 1. The maximum atomic E-state index is 13.4. The topological polar surface area (TPSA) is 113 Å². The third kappa shape index (κ3) is 5.39. The van der Waals surface area contributed by atoms with Gasteiger partial charge < -0.3 is 14.6 Å². The van der Waals surface area contributed by atoms with E-state index in [1.807, 2.05) is 0 Å². The lowest BCUT2D eigenvalue weighted by molar-refractivity contribution is -0.159. The number of aromatic nitrogens is 5. The van der Waals surface area contributed by atoms with E-state index in [0.29, 0.717) is 12.5 Å². The number of imidazole rings is 1. The lowest BCUT2D eigenvalue weighted by atomic mass is 10.3. The van der Waals surface area contributed by atoms with Crippen LogP contribution in [0.4, 0.5) is 8.78 Å². The standard InChI is InChI=1S/C23H22ClF2N5O5/c1-23(25,26)36-16-6-3-5-15(11-16)35-21-28-19-18(31(21)13-14-7-8-17(24)27-12-14)20(33)30(9-4-10-32)22(34)29(19)2/h3,5-8,11-12,32H,4,9-10,13H2,1-2H3. The molecular formula is C23H22ClF2N5O5. The van der Waals surface area contributed by atoms with Crippen molar-refractivity contribution in [2.45, 2.75) is 32.5 Å². The molecule has 1 N–H and O–H groups in total. The second kappa shape index (κ2) is 10.1. The maximum Gasteiger partial charge on any atom is 0.394 e. The normalized spacial score (nSPS) is 11.7. The van der Waals surface area contributed by atoms with Crippen molar-refractivity contribution in [1.82, 2.24) is 23.7 Å². The molecule has 0 unspecified atom stereocenters. The Kier molecular flexibility index (Phi) is 7.09. The molecule has 0 amide bonds. The summed E-state index contributed by atoms with van der Waals surface area (Å²) >= 11 is 5.89. The number of aryl methyl sites for hydroxylation is 1. The minimum Gasteiger partial charge on any atom is -0.433 e. The van der Waals surface area contributed by atoms with Crippen molar-refractivity contribution in [2.24, 2.45) is 7.05 Å². The van der Waals surface area contributed by atoms with Crippen LogP contribution in [0, 0.1) is 0 Å². The number of hydrogen-bond acceptors (Lipinski definition) is 7. The Bertz CT molecular complexity index is 1510. The van der Waals surface area contributed by atoms with Crippen LogP contribution in [0.25, 0.3) is 11.2 Å². The molecule has 0 aliphatic carbocycles. The molecule has 4 aromatic rings. The van der Waals surface area contributed by atoms with Gasteiger partial charge in [0.15, 0.2) is 11.2 Å². The van der Waals surface area contributed by atoms with Gasteiger partial charge in [0.1, 0.15) is 16.7 Å². The van der Waals surface area contributed by atoms with Crippen molar-refractivity contribution in [3.63, 3.8) is 0 Å². The van der Waals surface area contributed by atoms with Crippen molar-refractivity contribution in [1.29, 1.82) is 0 Å². The lowest BCUT2D eigenvalue weighted by Gasteiger charge is -2.14. The zero-order chi connectivity index (χ0) is 26.0. The van der Waals surface area contributed by atoms with Gasteiger partial charge >= 0.3 is 17.8 Å². The van der Waals surface area contributed by atoms with E-state index in [2.05, 4.69) is 14.7 Å². The zero-order valence-corrected chi connectivity index (χ0v) is 20.1. The smallest absolute Gasteiger partial charge is 0.394 e. The van der Waals surface area contributed by atoms with Crippen molar-refractivity contribution in [3.8, 4) is 17.5 Å². The van der Waals surface area contributed by atoms with E-state index >= 15 is 0 Å². The van der Waals surface area contributed by atoms with E-state index in [4.69, 9.17) is 16.3 Å². The molecular weight excluding hydrogens is 500 g/mol. The fourth-order valence-electron chi connectivity index (χ4n) is 3.60. The molecule has 190 valence electrons. The number of alkyl halides is 2. The molecule has 0 aliphatic rings. The SMILES string of the molecule is Cn1c(=O)n(CCCO)c(=O)c2c1nc(Oc1cccc(OC(C)(F)F)c1)n2Cc1ccc(Cl)nc1. The molecule has 0 fully saturated rings. The predicted octanol–water partition coefficient (Wildman–Crippen LogP) is 3.16. The number of benzene rings is 1. The lowest BCUT2D eigenvalue weighted by Crippen LogP contribution is -2.39. The first kappa shape index (κ1) is 25.3. The third-order valence-corrected chi connectivity index (χ3v) is 5.40. The van der Waals surface area contributed by atoms with E-state index in [1.165, 1.54) is 46.6 Å². The fourth-order valence-corrected chi connectivity index (χ4v) is 3.71. The first-order valence-corrected chi connectivity index (χ1v) is 11.2. The Hall–Kier alpha value is -3.77. The highest BCUT2D eigenvalue weighted by Gasteiger charge is 2.24. The quantitative estimate of drug-likeness (QED) is 0.337. The second-order valence-corrected chi connectivity index (χ2v) is 8.39. The summed E-state index contributed by atoms with van der Waals surface area (Å²) in [7, 11) is 1.46. The minimum absolute atomic E-state index is 0.00638. The van der Waals surface area contributed by atoms with Gasteiger partial charge in [0.05, 0.1) is 6.54 Å². The average Bonchev–Trinajstić information content (AvgIpc) is 3.16. The summed E-state index contributed by atoms with van der Waals surface area (Å²) < 4.78 is 40.8. The number of aliphatic hydroxyl groups is 1. The fraction of sp³-hybridized carbons (Fsp3) is 0.304. The maximum absolute atomic E-state index is 13.4. The van der Waals surface area contributed by atoms with Crippen LogP contribution in [0.5, 0.6) is 17.5 Å². The molecule has 0 aliphatic heterocycles. The number of nitrogens with zero attached hydrogens (tertiary/aromatic N) is 5.